The van der Waals surface area contributed by atoms with Crippen molar-refractivity contribution in [3.05, 3.63) is 24.8 Å². The number of rotatable bonds is 4. The fourth-order valence-corrected chi connectivity index (χ4v) is 1.49. The SMILES string of the molecule is CC(C(C(=O)O)n1ccnn1)n1ccnn1. The Balaban J connectivity index is 2.31. The molecule has 0 radical (unpaired) electrons. The lowest BCUT2D eigenvalue weighted by Crippen LogP contribution is -2.28. The second-order valence-corrected chi connectivity index (χ2v) is 3.29. The van der Waals surface area contributed by atoms with E-state index in [1.54, 1.807) is 13.1 Å². The molecule has 0 saturated carbocycles. The summed E-state index contributed by atoms with van der Waals surface area (Å²) in [5, 5.41) is 23.9. The predicted molar refractivity (Wildman–Crippen MR) is 51.4 cm³/mol. The number of nitrogens with zero attached hydrogens (tertiary/aromatic N) is 6. The maximum Gasteiger partial charge on any atom is 0.330 e. The molecule has 84 valence electrons. The molecule has 2 atom stereocenters. The minimum absolute atomic E-state index is 0.401. The summed E-state index contributed by atoms with van der Waals surface area (Å²) in [6.07, 6.45) is 6.05. The molecule has 8 heteroatoms. The van der Waals surface area contributed by atoms with Gasteiger partial charge in [0.25, 0.3) is 0 Å². The predicted octanol–water partition coefficient (Wildman–Crippen LogP) is -0.244. The lowest BCUT2D eigenvalue weighted by molar-refractivity contribution is -0.142. The smallest absolute Gasteiger partial charge is 0.330 e. The molecular formula is C8H10N6O2. The van der Waals surface area contributed by atoms with Crippen molar-refractivity contribution in [3.8, 4) is 0 Å². The molecule has 0 aliphatic heterocycles. The van der Waals surface area contributed by atoms with Crippen molar-refractivity contribution in [1.82, 2.24) is 30.0 Å². The number of hydrogen-bond donors (Lipinski definition) is 1. The second kappa shape index (κ2) is 4.09. The van der Waals surface area contributed by atoms with Crippen molar-refractivity contribution in [3.63, 3.8) is 0 Å². The third-order valence-corrected chi connectivity index (χ3v) is 2.29. The summed E-state index contributed by atoms with van der Waals surface area (Å²) in [5.74, 6) is -0.992. The average Bonchev–Trinajstić information content (AvgIpc) is 2.89. The Morgan fingerprint density at radius 1 is 1.19 bits per heavy atom. The van der Waals surface area contributed by atoms with Crippen LogP contribution >= 0.6 is 0 Å². The number of aromatic nitrogens is 6. The van der Waals surface area contributed by atoms with E-state index in [4.69, 9.17) is 5.11 Å². The van der Waals surface area contributed by atoms with E-state index in [-0.39, 0.29) is 0 Å². The van der Waals surface area contributed by atoms with Gasteiger partial charge in [0.15, 0.2) is 6.04 Å². The van der Waals surface area contributed by atoms with Gasteiger partial charge >= 0.3 is 5.97 Å². The molecule has 2 aromatic rings. The van der Waals surface area contributed by atoms with E-state index in [1.165, 1.54) is 28.0 Å². The fraction of sp³-hybridized carbons (Fsp3) is 0.375. The van der Waals surface area contributed by atoms with Crippen molar-refractivity contribution in [2.45, 2.75) is 19.0 Å². The van der Waals surface area contributed by atoms with E-state index in [0.29, 0.717) is 0 Å². The van der Waals surface area contributed by atoms with Crippen molar-refractivity contribution in [2.24, 2.45) is 0 Å². The molecule has 0 aliphatic carbocycles. The van der Waals surface area contributed by atoms with E-state index in [9.17, 15) is 4.79 Å². The molecule has 0 amide bonds. The molecule has 2 aromatic heterocycles. The van der Waals surface area contributed by atoms with Gasteiger partial charge in [0.1, 0.15) is 0 Å². The van der Waals surface area contributed by atoms with Crippen LogP contribution < -0.4 is 0 Å². The molecule has 2 unspecified atom stereocenters. The highest BCUT2D eigenvalue weighted by molar-refractivity contribution is 5.72. The van der Waals surface area contributed by atoms with Gasteiger partial charge in [-0.2, -0.15) is 0 Å². The third-order valence-electron chi connectivity index (χ3n) is 2.29. The summed E-state index contributed by atoms with van der Waals surface area (Å²) >= 11 is 0. The quantitative estimate of drug-likeness (QED) is 0.766. The highest BCUT2D eigenvalue weighted by Crippen LogP contribution is 2.20. The van der Waals surface area contributed by atoms with Crippen molar-refractivity contribution < 1.29 is 9.90 Å². The fourth-order valence-electron chi connectivity index (χ4n) is 1.49. The molecule has 1 N–H and O–H groups in total. The number of aliphatic carboxylic acids is 1. The van der Waals surface area contributed by atoms with Crippen LogP contribution in [0, 0.1) is 0 Å². The van der Waals surface area contributed by atoms with Crippen LogP contribution in [0.15, 0.2) is 24.8 Å². The summed E-state index contributed by atoms with van der Waals surface area (Å²) in [6.45, 7) is 1.73. The Labute approximate surface area is 90.5 Å². The van der Waals surface area contributed by atoms with Crippen LogP contribution in [0.1, 0.15) is 19.0 Å². The monoisotopic (exact) mass is 222 g/mol. The maximum absolute atomic E-state index is 11.2. The van der Waals surface area contributed by atoms with Gasteiger partial charge in [0.05, 0.1) is 18.4 Å². The topological polar surface area (TPSA) is 98.7 Å². The highest BCUT2D eigenvalue weighted by Gasteiger charge is 2.29. The van der Waals surface area contributed by atoms with Gasteiger partial charge < -0.3 is 5.11 Å². The van der Waals surface area contributed by atoms with Gasteiger partial charge in [-0.15, -0.1) is 10.2 Å². The number of hydrogen-bond acceptors (Lipinski definition) is 5. The second-order valence-electron chi connectivity index (χ2n) is 3.29. The minimum Gasteiger partial charge on any atom is -0.480 e. The first-order valence-electron chi connectivity index (χ1n) is 4.64. The number of carboxylic acid groups (broad SMARTS) is 1. The molecule has 2 heterocycles. The Morgan fingerprint density at radius 2 is 1.75 bits per heavy atom. The Hall–Kier alpha value is -2.25. The van der Waals surface area contributed by atoms with Crippen LogP contribution in [0.4, 0.5) is 0 Å². The molecular weight excluding hydrogens is 212 g/mol. The number of carbonyl (C=O) groups is 1. The molecule has 0 aliphatic rings. The van der Waals surface area contributed by atoms with Crippen LogP contribution in [0.2, 0.25) is 0 Å². The molecule has 8 nitrogen and oxygen atoms in total. The van der Waals surface area contributed by atoms with Crippen LogP contribution in [0.5, 0.6) is 0 Å². The summed E-state index contributed by atoms with van der Waals surface area (Å²) in [6, 6.07) is -1.26. The van der Waals surface area contributed by atoms with Gasteiger partial charge in [-0.1, -0.05) is 10.4 Å². The molecule has 0 spiro atoms. The molecule has 0 fully saturated rings. The van der Waals surface area contributed by atoms with E-state index in [2.05, 4.69) is 20.6 Å². The van der Waals surface area contributed by atoms with Gasteiger partial charge in [0, 0.05) is 12.4 Å². The summed E-state index contributed by atoms with van der Waals surface area (Å²) in [4.78, 5) is 11.2. The lowest BCUT2D eigenvalue weighted by atomic mass is 10.1. The molecule has 0 aromatic carbocycles. The normalized spacial score (nSPS) is 14.6. The number of carboxylic acids is 1. The summed E-state index contributed by atoms with van der Waals surface area (Å²) in [5.41, 5.74) is 0. The third kappa shape index (κ3) is 1.76. The zero-order valence-corrected chi connectivity index (χ0v) is 8.50. The average molecular weight is 222 g/mol. The largest absolute Gasteiger partial charge is 0.480 e. The molecule has 0 saturated heterocycles. The first kappa shape index (κ1) is 10.3. The van der Waals surface area contributed by atoms with Crippen molar-refractivity contribution in [2.75, 3.05) is 0 Å². The summed E-state index contributed by atoms with van der Waals surface area (Å²) in [7, 11) is 0. The van der Waals surface area contributed by atoms with E-state index < -0.39 is 18.1 Å². The van der Waals surface area contributed by atoms with Gasteiger partial charge in [-0.25, -0.2) is 14.2 Å². The lowest BCUT2D eigenvalue weighted by Gasteiger charge is -2.19. The molecule has 16 heavy (non-hydrogen) atoms. The zero-order chi connectivity index (χ0) is 11.5. The van der Waals surface area contributed by atoms with Crippen molar-refractivity contribution in [1.29, 1.82) is 0 Å². The molecule has 2 rings (SSSR count). The van der Waals surface area contributed by atoms with Crippen LogP contribution in [0.3, 0.4) is 0 Å². The zero-order valence-electron chi connectivity index (χ0n) is 8.50. The maximum atomic E-state index is 11.2. The minimum atomic E-state index is -0.992. The Kier molecular flexibility index (Phi) is 2.63. The summed E-state index contributed by atoms with van der Waals surface area (Å²) < 4.78 is 2.76. The van der Waals surface area contributed by atoms with Crippen LogP contribution in [-0.2, 0) is 4.79 Å². The van der Waals surface area contributed by atoms with E-state index in [1.807, 2.05) is 0 Å². The Bertz CT molecular complexity index is 451. The van der Waals surface area contributed by atoms with Crippen LogP contribution in [0.25, 0.3) is 0 Å². The Morgan fingerprint density at radius 3 is 2.19 bits per heavy atom. The first-order valence-corrected chi connectivity index (χ1v) is 4.64. The van der Waals surface area contributed by atoms with E-state index in [0.717, 1.165) is 0 Å². The first-order chi connectivity index (χ1) is 7.70. The van der Waals surface area contributed by atoms with Crippen LogP contribution in [-0.4, -0.2) is 41.1 Å². The standard InChI is InChI=1S/C8H10N6O2/c1-6(13-4-2-9-11-13)7(8(15)16)14-5-3-10-12-14/h2-7H,1H3,(H,15,16). The van der Waals surface area contributed by atoms with Crippen molar-refractivity contribution >= 4 is 5.97 Å². The van der Waals surface area contributed by atoms with Gasteiger partial charge in [0.2, 0.25) is 0 Å². The van der Waals surface area contributed by atoms with Gasteiger partial charge in [-0.3, -0.25) is 0 Å². The van der Waals surface area contributed by atoms with Gasteiger partial charge in [-0.05, 0) is 6.92 Å². The highest BCUT2D eigenvalue weighted by atomic mass is 16.4. The molecule has 0 bridgehead atoms. The van der Waals surface area contributed by atoms with E-state index >= 15 is 0 Å².